The summed E-state index contributed by atoms with van der Waals surface area (Å²) < 4.78 is 5.15. The third kappa shape index (κ3) is 3.54. The zero-order chi connectivity index (χ0) is 12.8. The molecule has 0 bridgehead atoms. The molecule has 0 saturated carbocycles. The van der Waals surface area contributed by atoms with Gasteiger partial charge in [-0.25, -0.2) is 4.79 Å². The summed E-state index contributed by atoms with van der Waals surface area (Å²) in [5.74, 6) is -1.33. The first-order valence-corrected chi connectivity index (χ1v) is 5.49. The number of carboxylic acids is 1. The molecule has 2 N–H and O–H groups in total. The van der Waals surface area contributed by atoms with Crippen LogP contribution in [0.2, 0.25) is 0 Å². The minimum atomic E-state index is -1.04. The van der Waals surface area contributed by atoms with Gasteiger partial charge in [0.1, 0.15) is 6.10 Å². The lowest BCUT2D eigenvalue weighted by Gasteiger charge is -2.23. The Labute approximate surface area is 99.5 Å². The Hall–Kier alpha value is -1.40. The molecule has 0 aliphatic carbocycles. The van der Waals surface area contributed by atoms with E-state index in [1.807, 2.05) is 0 Å². The van der Waals surface area contributed by atoms with Crippen molar-refractivity contribution in [2.24, 2.45) is 0 Å². The van der Waals surface area contributed by atoms with Gasteiger partial charge in [-0.1, -0.05) is 6.08 Å². The molecule has 1 heterocycles. The number of aliphatic hydroxyl groups excluding tert-OH is 1. The van der Waals surface area contributed by atoms with Gasteiger partial charge in [-0.2, -0.15) is 0 Å². The summed E-state index contributed by atoms with van der Waals surface area (Å²) in [5.41, 5.74) is 0. The highest BCUT2D eigenvalue weighted by molar-refractivity contribution is 5.82. The zero-order valence-electron chi connectivity index (χ0n) is 9.54. The third-order valence-corrected chi connectivity index (χ3v) is 2.60. The summed E-state index contributed by atoms with van der Waals surface area (Å²) in [6.07, 6.45) is 0.671. The molecule has 2 atom stereocenters. The lowest BCUT2D eigenvalue weighted by atomic mass is 10.2. The first-order valence-electron chi connectivity index (χ1n) is 5.49. The normalized spacial score (nSPS) is 23.4. The van der Waals surface area contributed by atoms with Crippen LogP contribution in [0.4, 0.5) is 0 Å². The summed E-state index contributed by atoms with van der Waals surface area (Å²) in [7, 11) is 0. The molecule has 0 aromatic rings. The molecule has 1 rings (SSSR count). The van der Waals surface area contributed by atoms with Crippen molar-refractivity contribution >= 4 is 11.9 Å². The van der Waals surface area contributed by atoms with E-state index < -0.39 is 18.2 Å². The first kappa shape index (κ1) is 13.7. The predicted octanol–water partition coefficient (Wildman–Crippen LogP) is -0.375. The SMILES string of the molecule is C=CCN(CCO)C(=O)C1CCC(C(=O)O)O1. The summed E-state index contributed by atoms with van der Waals surface area (Å²) in [5, 5.41) is 17.6. The molecule has 6 heteroatoms. The van der Waals surface area contributed by atoms with Crippen molar-refractivity contribution < 1.29 is 24.5 Å². The van der Waals surface area contributed by atoms with Gasteiger partial charge >= 0.3 is 5.97 Å². The van der Waals surface area contributed by atoms with Gasteiger partial charge < -0.3 is 19.8 Å². The molecule has 1 aliphatic rings. The topological polar surface area (TPSA) is 87.1 Å². The molecule has 0 aromatic heterocycles. The number of aliphatic carboxylic acids is 1. The highest BCUT2D eigenvalue weighted by Crippen LogP contribution is 2.21. The summed E-state index contributed by atoms with van der Waals surface area (Å²) >= 11 is 0. The van der Waals surface area contributed by atoms with Gasteiger partial charge in [0.05, 0.1) is 6.61 Å². The standard InChI is InChI=1S/C11H17NO5/c1-2-5-12(6-7-13)10(14)8-3-4-9(17-8)11(15)16/h2,8-9,13H,1,3-7H2,(H,15,16). The Bertz CT molecular complexity index is 304. The molecule has 0 radical (unpaired) electrons. The molecule has 1 fully saturated rings. The Morgan fingerprint density at radius 3 is 2.53 bits per heavy atom. The average Bonchev–Trinajstić information content (AvgIpc) is 2.77. The Morgan fingerprint density at radius 1 is 1.41 bits per heavy atom. The van der Waals surface area contributed by atoms with E-state index in [0.29, 0.717) is 19.4 Å². The van der Waals surface area contributed by atoms with Crippen LogP contribution in [0.3, 0.4) is 0 Å². The fourth-order valence-electron chi connectivity index (χ4n) is 1.77. The van der Waals surface area contributed by atoms with Crippen molar-refractivity contribution in [1.29, 1.82) is 0 Å². The van der Waals surface area contributed by atoms with E-state index >= 15 is 0 Å². The highest BCUT2D eigenvalue weighted by Gasteiger charge is 2.36. The van der Waals surface area contributed by atoms with Crippen LogP contribution in [0.25, 0.3) is 0 Å². The molecule has 6 nitrogen and oxygen atoms in total. The molecular formula is C11H17NO5. The van der Waals surface area contributed by atoms with Crippen LogP contribution in [-0.2, 0) is 14.3 Å². The van der Waals surface area contributed by atoms with E-state index in [2.05, 4.69) is 6.58 Å². The van der Waals surface area contributed by atoms with E-state index in [4.69, 9.17) is 14.9 Å². The second kappa shape index (κ2) is 6.36. The van der Waals surface area contributed by atoms with Gasteiger partial charge in [0, 0.05) is 13.1 Å². The fraction of sp³-hybridized carbons (Fsp3) is 0.636. The number of carbonyl (C=O) groups excluding carboxylic acids is 1. The smallest absolute Gasteiger partial charge is 0.332 e. The van der Waals surface area contributed by atoms with Crippen molar-refractivity contribution in [3.8, 4) is 0 Å². The van der Waals surface area contributed by atoms with Crippen LogP contribution in [0.5, 0.6) is 0 Å². The maximum absolute atomic E-state index is 11.9. The van der Waals surface area contributed by atoms with Gasteiger partial charge in [-0.15, -0.1) is 6.58 Å². The number of hydrogen-bond donors (Lipinski definition) is 2. The molecule has 1 saturated heterocycles. The average molecular weight is 243 g/mol. The first-order chi connectivity index (χ1) is 8.10. The van der Waals surface area contributed by atoms with Crippen LogP contribution in [0.15, 0.2) is 12.7 Å². The number of hydrogen-bond acceptors (Lipinski definition) is 4. The minimum Gasteiger partial charge on any atom is -0.479 e. The van der Waals surface area contributed by atoms with E-state index in [0.717, 1.165) is 0 Å². The molecule has 0 spiro atoms. The molecule has 2 unspecified atom stereocenters. The number of amides is 1. The predicted molar refractivity (Wildman–Crippen MR) is 59.4 cm³/mol. The quantitative estimate of drug-likeness (QED) is 0.621. The number of carbonyl (C=O) groups is 2. The Morgan fingerprint density at radius 2 is 2.06 bits per heavy atom. The van der Waals surface area contributed by atoms with Gasteiger partial charge in [0.25, 0.3) is 5.91 Å². The van der Waals surface area contributed by atoms with Crippen LogP contribution in [0.1, 0.15) is 12.8 Å². The van der Waals surface area contributed by atoms with Crippen LogP contribution < -0.4 is 0 Å². The summed E-state index contributed by atoms with van der Waals surface area (Å²) in [6.45, 7) is 3.89. The van der Waals surface area contributed by atoms with Gasteiger partial charge in [0.15, 0.2) is 6.10 Å². The molecule has 0 aromatic carbocycles. The van der Waals surface area contributed by atoms with Crippen LogP contribution >= 0.6 is 0 Å². The van der Waals surface area contributed by atoms with Crippen molar-refractivity contribution in [2.75, 3.05) is 19.7 Å². The van der Waals surface area contributed by atoms with Crippen LogP contribution in [-0.4, -0.2) is 58.9 Å². The van der Waals surface area contributed by atoms with Crippen molar-refractivity contribution in [3.05, 3.63) is 12.7 Å². The second-order valence-corrected chi connectivity index (χ2v) is 3.83. The molecule has 1 amide bonds. The maximum atomic E-state index is 11.9. The van der Waals surface area contributed by atoms with Crippen molar-refractivity contribution in [3.63, 3.8) is 0 Å². The van der Waals surface area contributed by atoms with E-state index in [1.165, 1.54) is 4.90 Å². The lowest BCUT2D eigenvalue weighted by molar-refractivity contribution is -0.154. The van der Waals surface area contributed by atoms with E-state index in [-0.39, 0.29) is 19.1 Å². The van der Waals surface area contributed by atoms with Gasteiger partial charge in [-0.3, -0.25) is 4.79 Å². The van der Waals surface area contributed by atoms with E-state index in [9.17, 15) is 9.59 Å². The second-order valence-electron chi connectivity index (χ2n) is 3.83. The molecule has 17 heavy (non-hydrogen) atoms. The number of carboxylic acid groups (broad SMARTS) is 1. The Balaban J connectivity index is 2.56. The molecular weight excluding hydrogens is 226 g/mol. The van der Waals surface area contributed by atoms with Gasteiger partial charge in [0.2, 0.25) is 0 Å². The minimum absolute atomic E-state index is 0.144. The lowest BCUT2D eigenvalue weighted by Crippen LogP contribution is -2.41. The van der Waals surface area contributed by atoms with Crippen LogP contribution in [0, 0.1) is 0 Å². The highest BCUT2D eigenvalue weighted by atomic mass is 16.5. The molecule has 96 valence electrons. The number of ether oxygens (including phenoxy) is 1. The number of nitrogens with zero attached hydrogens (tertiary/aromatic N) is 1. The molecule has 1 aliphatic heterocycles. The fourth-order valence-corrected chi connectivity index (χ4v) is 1.77. The summed E-state index contributed by atoms with van der Waals surface area (Å²) in [6, 6.07) is 0. The van der Waals surface area contributed by atoms with Gasteiger partial charge in [-0.05, 0) is 12.8 Å². The third-order valence-electron chi connectivity index (χ3n) is 2.60. The van der Waals surface area contributed by atoms with Crippen molar-refractivity contribution in [1.82, 2.24) is 4.90 Å². The largest absolute Gasteiger partial charge is 0.479 e. The summed E-state index contributed by atoms with van der Waals surface area (Å²) in [4.78, 5) is 24.0. The number of rotatable bonds is 6. The van der Waals surface area contributed by atoms with E-state index in [1.54, 1.807) is 6.08 Å². The zero-order valence-corrected chi connectivity index (χ0v) is 9.54. The monoisotopic (exact) mass is 243 g/mol. The van der Waals surface area contributed by atoms with Crippen molar-refractivity contribution in [2.45, 2.75) is 25.0 Å². The Kier molecular flexibility index (Phi) is 5.11. The number of aliphatic hydroxyl groups is 1. The maximum Gasteiger partial charge on any atom is 0.332 e.